The highest BCUT2D eigenvalue weighted by Crippen LogP contribution is 2.34. The maximum atomic E-state index is 10.7. The molecule has 0 bridgehead atoms. The predicted octanol–water partition coefficient (Wildman–Crippen LogP) is 3.85. The molecule has 3 rings (SSSR count). The van der Waals surface area contributed by atoms with Crippen LogP contribution >= 0.6 is 11.8 Å². The molecule has 2 heterocycles. The van der Waals surface area contributed by atoms with Gasteiger partial charge >= 0.3 is 0 Å². The van der Waals surface area contributed by atoms with Crippen molar-refractivity contribution in [2.24, 2.45) is 0 Å². The van der Waals surface area contributed by atoms with Gasteiger partial charge in [-0.1, -0.05) is 12.1 Å². The SMILES string of the molecule is CSc1ccc(-n2nc(C)c(-c3ccc(C#N)cc3)c2O)nc1C. The monoisotopic (exact) mass is 336 g/mol. The third-order valence-corrected chi connectivity index (χ3v) is 4.67. The standard InChI is InChI=1S/C18H16N4OS/c1-11-15(24-3)8-9-16(20-11)22-18(23)17(12(2)21-22)14-6-4-13(10-19)5-7-14/h4-9,23H,1-3H3. The molecule has 2 aromatic heterocycles. The maximum absolute atomic E-state index is 10.7. The van der Waals surface area contributed by atoms with Crippen molar-refractivity contribution in [2.75, 3.05) is 6.26 Å². The average Bonchev–Trinajstić information content (AvgIpc) is 2.89. The molecule has 5 nitrogen and oxygen atoms in total. The highest BCUT2D eigenvalue weighted by molar-refractivity contribution is 7.98. The molecular formula is C18H16N4OS. The Kier molecular flexibility index (Phi) is 4.28. The number of nitriles is 1. The third-order valence-electron chi connectivity index (χ3n) is 3.80. The second-order valence-corrected chi connectivity index (χ2v) is 6.19. The Morgan fingerprint density at radius 1 is 1.08 bits per heavy atom. The molecule has 0 unspecified atom stereocenters. The lowest BCUT2D eigenvalue weighted by Gasteiger charge is -2.07. The van der Waals surface area contributed by atoms with Crippen LogP contribution in [0.1, 0.15) is 17.0 Å². The largest absolute Gasteiger partial charge is 0.493 e. The van der Waals surface area contributed by atoms with Gasteiger partial charge < -0.3 is 5.11 Å². The van der Waals surface area contributed by atoms with Gasteiger partial charge in [0.1, 0.15) is 0 Å². The van der Waals surface area contributed by atoms with Crippen LogP contribution in [0.4, 0.5) is 0 Å². The quantitative estimate of drug-likeness (QED) is 0.735. The van der Waals surface area contributed by atoms with Crippen molar-refractivity contribution >= 4 is 11.8 Å². The first kappa shape index (κ1) is 16.1. The van der Waals surface area contributed by atoms with Crippen molar-refractivity contribution in [1.29, 1.82) is 5.26 Å². The van der Waals surface area contributed by atoms with E-state index in [0.717, 1.165) is 16.2 Å². The summed E-state index contributed by atoms with van der Waals surface area (Å²) < 4.78 is 1.44. The summed E-state index contributed by atoms with van der Waals surface area (Å²) >= 11 is 1.63. The van der Waals surface area contributed by atoms with Crippen molar-refractivity contribution in [3.05, 3.63) is 53.3 Å². The molecular weight excluding hydrogens is 320 g/mol. The molecule has 0 atom stereocenters. The number of thioether (sulfide) groups is 1. The fourth-order valence-electron chi connectivity index (χ4n) is 2.59. The zero-order valence-corrected chi connectivity index (χ0v) is 14.4. The summed E-state index contributed by atoms with van der Waals surface area (Å²) in [5.41, 5.74) is 3.63. The van der Waals surface area contributed by atoms with E-state index in [1.54, 1.807) is 23.9 Å². The van der Waals surface area contributed by atoms with Gasteiger partial charge in [0.05, 0.1) is 28.6 Å². The Bertz CT molecular complexity index is 939. The zero-order valence-electron chi connectivity index (χ0n) is 13.6. The first-order chi connectivity index (χ1) is 11.5. The molecule has 0 aliphatic heterocycles. The van der Waals surface area contributed by atoms with Crippen molar-refractivity contribution in [3.63, 3.8) is 0 Å². The first-order valence-electron chi connectivity index (χ1n) is 7.36. The smallest absolute Gasteiger partial charge is 0.223 e. The maximum Gasteiger partial charge on any atom is 0.223 e. The first-order valence-corrected chi connectivity index (χ1v) is 8.58. The highest BCUT2D eigenvalue weighted by atomic mass is 32.2. The number of hydrogen-bond acceptors (Lipinski definition) is 5. The van der Waals surface area contributed by atoms with E-state index in [9.17, 15) is 5.11 Å². The molecule has 120 valence electrons. The summed E-state index contributed by atoms with van der Waals surface area (Å²) in [5, 5.41) is 24.0. The van der Waals surface area contributed by atoms with Crippen molar-refractivity contribution < 1.29 is 5.11 Å². The Hall–Kier alpha value is -2.78. The van der Waals surface area contributed by atoms with Crippen LogP contribution < -0.4 is 0 Å². The van der Waals surface area contributed by atoms with Gasteiger partial charge in [-0.05, 0) is 49.9 Å². The van der Waals surface area contributed by atoms with E-state index in [-0.39, 0.29) is 5.88 Å². The van der Waals surface area contributed by atoms with E-state index < -0.39 is 0 Å². The van der Waals surface area contributed by atoms with E-state index >= 15 is 0 Å². The molecule has 0 aliphatic carbocycles. The molecule has 0 amide bonds. The van der Waals surface area contributed by atoms with Gasteiger partial charge in [0.2, 0.25) is 5.88 Å². The van der Waals surface area contributed by atoms with Crippen molar-refractivity contribution in [2.45, 2.75) is 18.7 Å². The lowest BCUT2D eigenvalue weighted by atomic mass is 10.0. The molecule has 0 fully saturated rings. The summed E-state index contributed by atoms with van der Waals surface area (Å²) in [6, 6.07) is 13.0. The van der Waals surface area contributed by atoms with Crippen LogP contribution in [0.5, 0.6) is 5.88 Å². The molecule has 3 aromatic rings. The van der Waals surface area contributed by atoms with E-state index in [0.29, 0.717) is 22.6 Å². The van der Waals surface area contributed by atoms with Crippen molar-refractivity contribution in [1.82, 2.24) is 14.8 Å². The van der Waals surface area contributed by atoms with Gasteiger partial charge in [0, 0.05) is 4.90 Å². The minimum atomic E-state index is 0.0426. The van der Waals surface area contributed by atoms with Gasteiger partial charge in [0.25, 0.3) is 0 Å². The number of aromatic hydroxyl groups is 1. The van der Waals surface area contributed by atoms with Crippen LogP contribution in [0.3, 0.4) is 0 Å². The summed E-state index contributed by atoms with van der Waals surface area (Å²) in [6.45, 7) is 3.77. The van der Waals surface area contributed by atoms with Crippen molar-refractivity contribution in [3.8, 4) is 28.9 Å². The van der Waals surface area contributed by atoms with Gasteiger partial charge in [-0.2, -0.15) is 15.0 Å². The second-order valence-electron chi connectivity index (χ2n) is 5.34. The van der Waals surface area contributed by atoms with Crippen LogP contribution in [-0.4, -0.2) is 26.1 Å². The normalized spacial score (nSPS) is 10.6. The summed E-state index contributed by atoms with van der Waals surface area (Å²) in [6.07, 6.45) is 2.00. The molecule has 0 saturated heterocycles. The summed E-state index contributed by atoms with van der Waals surface area (Å²) in [4.78, 5) is 5.62. The molecule has 0 spiro atoms. The van der Waals surface area contributed by atoms with Crippen LogP contribution in [0, 0.1) is 25.2 Å². The zero-order chi connectivity index (χ0) is 17.3. The van der Waals surface area contributed by atoms with Gasteiger partial charge in [0.15, 0.2) is 5.82 Å². The second kappa shape index (κ2) is 6.38. The Morgan fingerprint density at radius 3 is 2.38 bits per heavy atom. The van der Waals surface area contributed by atoms with E-state index in [1.807, 2.05) is 44.4 Å². The minimum absolute atomic E-state index is 0.0426. The molecule has 6 heteroatoms. The van der Waals surface area contributed by atoms with Gasteiger partial charge in [-0.3, -0.25) is 0 Å². The molecule has 0 radical (unpaired) electrons. The lowest BCUT2D eigenvalue weighted by molar-refractivity contribution is 0.433. The minimum Gasteiger partial charge on any atom is -0.493 e. The summed E-state index contributed by atoms with van der Waals surface area (Å²) in [7, 11) is 0. The number of rotatable bonds is 3. The van der Waals surface area contributed by atoms with Crippen LogP contribution in [-0.2, 0) is 0 Å². The molecule has 0 aliphatic rings. The molecule has 1 N–H and O–H groups in total. The van der Waals surface area contributed by atoms with E-state index in [4.69, 9.17) is 5.26 Å². The van der Waals surface area contributed by atoms with Crippen LogP contribution in [0.2, 0.25) is 0 Å². The van der Waals surface area contributed by atoms with Gasteiger partial charge in [-0.15, -0.1) is 11.8 Å². The van der Waals surface area contributed by atoms with E-state index in [2.05, 4.69) is 16.2 Å². The molecule has 1 aromatic carbocycles. The van der Waals surface area contributed by atoms with E-state index in [1.165, 1.54) is 4.68 Å². The number of hydrogen-bond donors (Lipinski definition) is 1. The highest BCUT2D eigenvalue weighted by Gasteiger charge is 2.18. The number of benzene rings is 1. The Morgan fingerprint density at radius 2 is 1.79 bits per heavy atom. The number of pyridine rings is 1. The van der Waals surface area contributed by atoms with Crippen LogP contribution in [0.15, 0.2) is 41.3 Å². The topological polar surface area (TPSA) is 74.7 Å². The van der Waals surface area contributed by atoms with Crippen LogP contribution in [0.25, 0.3) is 16.9 Å². The predicted molar refractivity (Wildman–Crippen MR) is 94.4 cm³/mol. The average molecular weight is 336 g/mol. The Balaban J connectivity index is 2.09. The number of aromatic nitrogens is 3. The third kappa shape index (κ3) is 2.74. The number of aryl methyl sites for hydroxylation is 2. The molecule has 0 saturated carbocycles. The fraction of sp³-hybridized carbons (Fsp3) is 0.167. The molecule has 24 heavy (non-hydrogen) atoms. The fourth-order valence-corrected chi connectivity index (χ4v) is 3.14. The number of nitrogens with zero attached hydrogens (tertiary/aromatic N) is 4. The Labute approximate surface area is 144 Å². The summed E-state index contributed by atoms with van der Waals surface area (Å²) in [5.74, 6) is 0.617. The van der Waals surface area contributed by atoms with Gasteiger partial charge in [-0.25, -0.2) is 4.98 Å². The lowest BCUT2D eigenvalue weighted by Crippen LogP contribution is -2.01.